The van der Waals surface area contributed by atoms with E-state index in [1.165, 1.54) is 7.11 Å². The lowest BCUT2D eigenvalue weighted by molar-refractivity contribution is -0.179. The van der Waals surface area contributed by atoms with Gasteiger partial charge in [-0.2, -0.15) is 0 Å². The van der Waals surface area contributed by atoms with Crippen molar-refractivity contribution < 1.29 is 33.7 Å². The Morgan fingerprint density at radius 1 is 1.12 bits per heavy atom. The van der Waals surface area contributed by atoms with Crippen LogP contribution >= 0.6 is 0 Å². The van der Waals surface area contributed by atoms with E-state index in [0.29, 0.717) is 0 Å². The molecule has 7 nitrogen and oxygen atoms in total. The third-order valence-corrected chi connectivity index (χ3v) is 1.95. The Morgan fingerprint density at radius 3 is 2.06 bits per heavy atom. The van der Waals surface area contributed by atoms with Crippen LogP contribution in [0.25, 0.3) is 0 Å². The molecule has 0 spiro atoms. The van der Waals surface area contributed by atoms with Gasteiger partial charge >= 0.3 is 17.9 Å². The highest BCUT2D eigenvalue weighted by atomic mass is 16.6. The number of methoxy groups -OCH3 is 2. The van der Waals surface area contributed by atoms with E-state index in [4.69, 9.17) is 5.11 Å². The second kappa shape index (κ2) is 6.06. The molecule has 1 unspecified atom stereocenters. The second-order valence-corrected chi connectivity index (χ2v) is 3.05. The van der Waals surface area contributed by atoms with Crippen LogP contribution in [-0.4, -0.2) is 50.4 Å². The summed E-state index contributed by atoms with van der Waals surface area (Å²) in [6.07, 6.45) is 0. The van der Waals surface area contributed by atoms with E-state index in [0.717, 1.165) is 14.0 Å². The van der Waals surface area contributed by atoms with Crippen molar-refractivity contribution in [1.29, 1.82) is 0 Å². The molecule has 92 valence electrons. The molecule has 1 N–H and O–H groups in total. The van der Waals surface area contributed by atoms with Gasteiger partial charge in [0.15, 0.2) is 0 Å². The van der Waals surface area contributed by atoms with Gasteiger partial charge in [-0.05, 0) is 6.92 Å². The first-order valence-electron chi connectivity index (χ1n) is 4.39. The normalized spacial score (nSPS) is 13.7. The SMILES string of the molecule is COCCOC(=O)C(C)(C(=O)O)C(=O)OC. The van der Waals surface area contributed by atoms with E-state index in [2.05, 4.69) is 14.2 Å². The van der Waals surface area contributed by atoms with Gasteiger partial charge in [-0.25, -0.2) is 0 Å². The number of hydrogen-bond donors (Lipinski definition) is 1. The largest absolute Gasteiger partial charge is 0.480 e. The summed E-state index contributed by atoms with van der Waals surface area (Å²) < 4.78 is 13.4. The summed E-state index contributed by atoms with van der Waals surface area (Å²) in [5.74, 6) is -3.98. The maximum atomic E-state index is 11.4. The van der Waals surface area contributed by atoms with Crippen LogP contribution < -0.4 is 0 Å². The Bertz CT molecular complexity index is 286. The molecule has 16 heavy (non-hydrogen) atoms. The molecule has 0 aromatic rings. The maximum absolute atomic E-state index is 11.4. The molecule has 1 atom stereocenters. The van der Waals surface area contributed by atoms with Crippen molar-refractivity contribution in [1.82, 2.24) is 0 Å². The van der Waals surface area contributed by atoms with E-state index < -0.39 is 23.3 Å². The van der Waals surface area contributed by atoms with Crippen molar-refractivity contribution in [3.05, 3.63) is 0 Å². The summed E-state index contributed by atoms with van der Waals surface area (Å²) in [5, 5.41) is 8.83. The molecule has 0 amide bonds. The van der Waals surface area contributed by atoms with Gasteiger partial charge < -0.3 is 19.3 Å². The lowest BCUT2D eigenvalue weighted by Crippen LogP contribution is -2.45. The fourth-order valence-corrected chi connectivity index (χ4v) is 0.824. The summed E-state index contributed by atoms with van der Waals surface area (Å²) in [5.41, 5.74) is -2.34. The zero-order valence-corrected chi connectivity index (χ0v) is 9.31. The summed E-state index contributed by atoms with van der Waals surface area (Å²) in [6, 6.07) is 0. The van der Waals surface area contributed by atoms with Gasteiger partial charge in [-0.15, -0.1) is 0 Å². The maximum Gasteiger partial charge on any atom is 0.334 e. The van der Waals surface area contributed by atoms with E-state index in [1.807, 2.05) is 0 Å². The fraction of sp³-hybridized carbons (Fsp3) is 0.667. The topological polar surface area (TPSA) is 99.1 Å². The van der Waals surface area contributed by atoms with E-state index in [-0.39, 0.29) is 13.2 Å². The molecule has 0 saturated carbocycles. The van der Waals surface area contributed by atoms with Crippen LogP contribution in [0.1, 0.15) is 6.92 Å². The summed E-state index contributed by atoms with van der Waals surface area (Å²) in [7, 11) is 2.39. The Morgan fingerprint density at radius 2 is 1.69 bits per heavy atom. The molecule has 0 aliphatic heterocycles. The Labute approximate surface area is 92.3 Å². The Kier molecular flexibility index (Phi) is 5.44. The highest BCUT2D eigenvalue weighted by Crippen LogP contribution is 2.20. The van der Waals surface area contributed by atoms with Gasteiger partial charge in [0.1, 0.15) is 6.61 Å². The third-order valence-electron chi connectivity index (χ3n) is 1.95. The lowest BCUT2D eigenvalue weighted by Gasteiger charge is -2.19. The van der Waals surface area contributed by atoms with Crippen LogP contribution in [0.2, 0.25) is 0 Å². The smallest absolute Gasteiger partial charge is 0.334 e. The van der Waals surface area contributed by atoms with Crippen molar-refractivity contribution in [2.45, 2.75) is 6.92 Å². The van der Waals surface area contributed by atoms with E-state index in [1.54, 1.807) is 0 Å². The van der Waals surface area contributed by atoms with Crippen LogP contribution in [0.5, 0.6) is 0 Å². The molecule has 0 heterocycles. The number of ether oxygens (including phenoxy) is 3. The van der Waals surface area contributed by atoms with Gasteiger partial charge in [0.25, 0.3) is 5.41 Å². The predicted octanol–water partition coefficient (Wildman–Crippen LogP) is -0.560. The third kappa shape index (κ3) is 2.93. The summed E-state index contributed by atoms with van der Waals surface area (Å²) in [4.78, 5) is 33.5. The molecular formula is C9H14O7. The monoisotopic (exact) mass is 234 g/mol. The lowest BCUT2D eigenvalue weighted by atomic mass is 9.91. The molecule has 0 fully saturated rings. The van der Waals surface area contributed by atoms with Gasteiger partial charge in [-0.1, -0.05) is 0 Å². The zero-order valence-electron chi connectivity index (χ0n) is 9.31. The van der Waals surface area contributed by atoms with Crippen LogP contribution in [0.4, 0.5) is 0 Å². The standard InChI is InChI=1S/C9H14O7/c1-9(6(10)11,7(12)15-3)8(13)16-5-4-14-2/h4-5H2,1-3H3,(H,10,11). The molecule has 0 radical (unpaired) electrons. The average Bonchev–Trinajstić information content (AvgIpc) is 2.26. The molecule has 0 aromatic heterocycles. The number of carboxylic acid groups (broad SMARTS) is 1. The number of aliphatic carboxylic acids is 1. The number of esters is 2. The van der Waals surface area contributed by atoms with Gasteiger partial charge in [0.05, 0.1) is 13.7 Å². The molecule has 0 aliphatic rings. The highest BCUT2D eigenvalue weighted by Gasteiger charge is 2.51. The first kappa shape index (κ1) is 14.4. The summed E-state index contributed by atoms with van der Waals surface area (Å²) in [6.45, 7) is 0.911. The highest BCUT2D eigenvalue weighted by molar-refractivity contribution is 6.16. The Balaban J connectivity index is 4.72. The number of carbonyl (C=O) groups excluding carboxylic acids is 2. The van der Waals surface area contributed by atoms with Crippen molar-refractivity contribution in [2.24, 2.45) is 5.41 Å². The number of carboxylic acids is 1. The van der Waals surface area contributed by atoms with Crippen LogP contribution in [0.3, 0.4) is 0 Å². The van der Waals surface area contributed by atoms with Crippen molar-refractivity contribution in [3.63, 3.8) is 0 Å². The van der Waals surface area contributed by atoms with E-state index >= 15 is 0 Å². The van der Waals surface area contributed by atoms with Gasteiger partial charge in [-0.3, -0.25) is 14.4 Å². The molecular weight excluding hydrogens is 220 g/mol. The Hall–Kier alpha value is -1.63. The van der Waals surface area contributed by atoms with Crippen molar-refractivity contribution in [2.75, 3.05) is 27.4 Å². The first-order chi connectivity index (χ1) is 7.41. The zero-order chi connectivity index (χ0) is 12.8. The molecule has 0 rings (SSSR count). The number of rotatable bonds is 6. The average molecular weight is 234 g/mol. The first-order valence-corrected chi connectivity index (χ1v) is 4.39. The van der Waals surface area contributed by atoms with Crippen LogP contribution in [0, 0.1) is 5.41 Å². The summed E-state index contributed by atoms with van der Waals surface area (Å²) >= 11 is 0. The van der Waals surface area contributed by atoms with Crippen LogP contribution in [-0.2, 0) is 28.6 Å². The molecule has 7 heteroatoms. The van der Waals surface area contributed by atoms with Crippen molar-refractivity contribution in [3.8, 4) is 0 Å². The quantitative estimate of drug-likeness (QED) is 0.373. The predicted molar refractivity (Wildman–Crippen MR) is 50.6 cm³/mol. The van der Waals surface area contributed by atoms with Gasteiger partial charge in [0.2, 0.25) is 0 Å². The van der Waals surface area contributed by atoms with Crippen LogP contribution in [0.15, 0.2) is 0 Å². The molecule has 0 bridgehead atoms. The van der Waals surface area contributed by atoms with E-state index in [9.17, 15) is 14.4 Å². The molecule has 0 aliphatic carbocycles. The minimum absolute atomic E-state index is 0.114. The van der Waals surface area contributed by atoms with Crippen molar-refractivity contribution >= 4 is 17.9 Å². The minimum atomic E-state index is -2.34. The second-order valence-electron chi connectivity index (χ2n) is 3.05. The molecule has 0 saturated heterocycles. The number of carbonyl (C=O) groups is 3. The fourth-order valence-electron chi connectivity index (χ4n) is 0.824. The molecule has 0 aromatic carbocycles. The number of hydrogen-bond acceptors (Lipinski definition) is 6. The minimum Gasteiger partial charge on any atom is -0.480 e. The van der Waals surface area contributed by atoms with Gasteiger partial charge in [0, 0.05) is 7.11 Å².